The predicted molar refractivity (Wildman–Crippen MR) is 76.8 cm³/mol. The number of benzene rings is 1. The van der Waals surface area contributed by atoms with Gasteiger partial charge < -0.3 is 14.8 Å². The van der Waals surface area contributed by atoms with E-state index in [0.29, 0.717) is 6.61 Å². The first kappa shape index (κ1) is 13.8. The third-order valence-electron chi connectivity index (χ3n) is 2.62. The van der Waals surface area contributed by atoms with Gasteiger partial charge in [-0.2, -0.15) is 0 Å². The Morgan fingerprint density at radius 2 is 2.16 bits per heavy atom. The standard InChI is InChI=1S/C14H18N2O2S/c1-3-18-13-8-11(4-5-12(13)17-2)9-15-10-14-16-6-7-19-14/h4-8,15H,3,9-10H2,1-2H3. The van der Waals surface area contributed by atoms with Gasteiger partial charge in [0.1, 0.15) is 5.01 Å². The minimum absolute atomic E-state index is 0.631. The van der Waals surface area contributed by atoms with Crippen molar-refractivity contribution in [3.63, 3.8) is 0 Å². The van der Waals surface area contributed by atoms with Crippen molar-refractivity contribution in [2.24, 2.45) is 0 Å². The Morgan fingerprint density at radius 1 is 1.26 bits per heavy atom. The number of hydrogen-bond acceptors (Lipinski definition) is 5. The van der Waals surface area contributed by atoms with Crippen molar-refractivity contribution in [1.29, 1.82) is 0 Å². The largest absolute Gasteiger partial charge is 0.493 e. The van der Waals surface area contributed by atoms with E-state index in [1.165, 1.54) is 5.56 Å². The van der Waals surface area contributed by atoms with Crippen LogP contribution in [0, 0.1) is 0 Å². The van der Waals surface area contributed by atoms with Crippen LogP contribution in [0.15, 0.2) is 29.8 Å². The van der Waals surface area contributed by atoms with Crippen LogP contribution < -0.4 is 14.8 Å². The van der Waals surface area contributed by atoms with Crippen LogP contribution in [0.25, 0.3) is 0 Å². The van der Waals surface area contributed by atoms with E-state index < -0.39 is 0 Å². The number of nitrogens with one attached hydrogen (secondary N) is 1. The van der Waals surface area contributed by atoms with Gasteiger partial charge in [-0.25, -0.2) is 4.98 Å². The highest BCUT2D eigenvalue weighted by molar-refractivity contribution is 7.09. The minimum atomic E-state index is 0.631. The van der Waals surface area contributed by atoms with E-state index in [-0.39, 0.29) is 0 Å². The summed E-state index contributed by atoms with van der Waals surface area (Å²) in [6.07, 6.45) is 1.82. The molecule has 0 aliphatic heterocycles. The number of hydrogen-bond donors (Lipinski definition) is 1. The van der Waals surface area contributed by atoms with E-state index in [1.807, 2.05) is 36.7 Å². The molecule has 0 bridgehead atoms. The summed E-state index contributed by atoms with van der Waals surface area (Å²) in [7, 11) is 1.65. The van der Waals surface area contributed by atoms with Crippen molar-refractivity contribution >= 4 is 11.3 Å². The lowest BCUT2D eigenvalue weighted by Crippen LogP contribution is -2.12. The van der Waals surface area contributed by atoms with Crippen molar-refractivity contribution in [2.75, 3.05) is 13.7 Å². The second kappa shape index (κ2) is 7.11. The SMILES string of the molecule is CCOc1cc(CNCc2nccs2)ccc1OC. The average Bonchev–Trinajstić information content (AvgIpc) is 2.93. The van der Waals surface area contributed by atoms with Crippen molar-refractivity contribution < 1.29 is 9.47 Å². The Balaban J connectivity index is 1.94. The summed E-state index contributed by atoms with van der Waals surface area (Å²) in [5.41, 5.74) is 1.17. The highest BCUT2D eigenvalue weighted by atomic mass is 32.1. The molecule has 0 fully saturated rings. The predicted octanol–water partition coefficient (Wildman–Crippen LogP) is 2.84. The molecular formula is C14H18N2O2S. The summed E-state index contributed by atoms with van der Waals surface area (Å²) >= 11 is 1.66. The first-order chi connectivity index (χ1) is 9.33. The lowest BCUT2D eigenvalue weighted by molar-refractivity contribution is 0.310. The van der Waals surface area contributed by atoms with E-state index in [0.717, 1.165) is 29.6 Å². The Bertz CT molecular complexity index is 500. The first-order valence-corrected chi connectivity index (χ1v) is 7.10. The molecule has 1 aromatic heterocycles. The molecule has 2 aromatic rings. The zero-order valence-corrected chi connectivity index (χ0v) is 12.0. The van der Waals surface area contributed by atoms with E-state index >= 15 is 0 Å². The molecule has 0 radical (unpaired) electrons. The van der Waals surface area contributed by atoms with E-state index in [4.69, 9.17) is 9.47 Å². The van der Waals surface area contributed by atoms with Gasteiger partial charge in [0.15, 0.2) is 11.5 Å². The highest BCUT2D eigenvalue weighted by Crippen LogP contribution is 2.27. The van der Waals surface area contributed by atoms with Crippen LogP contribution in [0.5, 0.6) is 11.5 Å². The summed E-state index contributed by atoms with van der Waals surface area (Å²) in [4.78, 5) is 4.23. The number of thiazole rings is 1. The zero-order valence-electron chi connectivity index (χ0n) is 11.2. The summed E-state index contributed by atoms with van der Waals surface area (Å²) in [6, 6.07) is 5.98. The average molecular weight is 278 g/mol. The van der Waals surface area contributed by atoms with Gasteiger partial charge in [0.05, 0.1) is 13.7 Å². The first-order valence-electron chi connectivity index (χ1n) is 6.22. The monoisotopic (exact) mass is 278 g/mol. The maximum atomic E-state index is 5.56. The van der Waals surface area contributed by atoms with Crippen LogP contribution >= 0.6 is 11.3 Å². The van der Waals surface area contributed by atoms with Gasteiger partial charge in [-0.15, -0.1) is 11.3 Å². The number of nitrogens with zero attached hydrogens (tertiary/aromatic N) is 1. The normalized spacial score (nSPS) is 10.4. The van der Waals surface area contributed by atoms with Crippen LogP contribution in [-0.4, -0.2) is 18.7 Å². The fourth-order valence-corrected chi connectivity index (χ4v) is 2.34. The molecule has 2 rings (SSSR count). The van der Waals surface area contributed by atoms with E-state index in [9.17, 15) is 0 Å². The summed E-state index contributed by atoms with van der Waals surface area (Å²) in [5.74, 6) is 1.56. The molecule has 0 aliphatic carbocycles. The second-order valence-electron chi connectivity index (χ2n) is 3.95. The lowest BCUT2D eigenvalue weighted by Gasteiger charge is -2.11. The smallest absolute Gasteiger partial charge is 0.161 e. The summed E-state index contributed by atoms with van der Waals surface area (Å²) in [5, 5.41) is 6.44. The van der Waals surface area contributed by atoms with Crippen molar-refractivity contribution in [1.82, 2.24) is 10.3 Å². The summed E-state index contributed by atoms with van der Waals surface area (Å²) < 4.78 is 10.8. The Kier molecular flexibility index (Phi) is 5.18. The molecule has 1 aromatic carbocycles. The van der Waals surface area contributed by atoms with Gasteiger partial charge in [-0.3, -0.25) is 0 Å². The van der Waals surface area contributed by atoms with Crippen LogP contribution in [0.4, 0.5) is 0 Å². The maximum absolute atomic E-state index is 5.56. The molecule has 0 aliphatic rings. The van der Waals surface area contributed by atoms with Crippen LogP contribution in [0.3, 0.4) is 0 Å². The molecule has 1 N–H and O–H groups in total. The van der Waals surface area contributed by atoms with E-state index in [2.05, 4.69) is 10.3 Å². The molecule has 4 nitrogen and oxygen atoms in total. The van der Waals surface area contributed by atoms with Gasteiger partial charge in [0, 0.05) is 24.7 Å². The molecule has 0 saturated carbocycles. The summed E-state index contributed by atoms with van der Waals surface area (Å²) in [6.45, 7) is 4.16. The fourth-order valence-electron chi connectivity index (χ4n) is 1.75. The quantitative estimate of drug-likeness (QED) is 0.846. The van der Waals surface area contributed by atoms with Gasteiger partial charge in [-0.05, 0) is 24.6 Å². The molecule has 5 heteroatoms. The molecule has 0 amide bonds. The molecule has 0 saturated heterocycles. The Morgan fingerprint density at radius 3 is 2.84 bits per heavy atom. The number of rotatable bonds is 7. The van der Waals surface area contributed by atoms with Crippen LogP contribution in [-0.2, 0) is 13.1 Å². The second-order valence-corrected chi connectivity index (χ2v) is 4.93. The van der Waals surface area contributed by atoms with Crippen molar-refractivity contribution in [3.8, 4) is 11.5 Å². The zero-order chi connectivity index (χ0) is 13.5. The van der Waals surface area contributed by atoms with Crippen LogP contribution in [0.1, 0.15) is 17.5 Å². The van der Waals surface area contributed by atoms with Gasteiger partial charge in [0.2, 0.25) is 0 Å². The fraction of sp³-hybridized carbons (Fsp3) is 0.357. The molecule has 0 atom stereocenters. The molecule has 0 spiro atoms. The molecule has 102 valence electrons. The van der Waals surface area contributed by atoms with Gasteiger partial charge >= 0.3 is 0 Å². The number of ether oxygens (including phenoxy) is 2. The topological polar surface area (TPSA) is 43.4 Å². The van der Waals surface area contributed by atoms with Crippen molar-refractivity contribution in [2.45, 2.75) is 20.0 Å². The third-order valence-corrected chi connectivity index (χ3v) is 3.40. The van der Waals surface area contributed by atoms with Crippen LogP contribution in [0.2, 0.25) is 0 Å². The highest BCUT2D eigenvalue weighted by Gasteiger charge is 2.05. The van der Waals surface area contributed by atoms with Crippen molar-refractivity contribution in [3.05, 3.63) is 40.3 Å². The Labute approximate surface area is 117 Å². The number of methoxy groups -OCH3 is 1. The third kappa shape index (κ3) is 3.94. The molecular weight excluding hydrogens is 260 g/mol. The van der Waals surface area contributed by atoms with E-state index in [1.54, 1.807) is 18.4 Å². The lowest BCUT2D eigenvalue weighted by atomic mass is 10.2. The minimum Gasteiger partial charge on any atom is -0.493 e. The molecule has 1 heterocycles. The Hall–Kier alpha value is -1.59. The molecule has 19 heavy (non-hydrogen) atoms. The maximum Gasteiger partial charge on any atom is 0.161 e. The number of aromatic nitrogens is 1. The van der Waals surface area contributed by atoms with Gasteiger partial charge in [0.25, 0.3) is 0 Å². The molecule has 0 unspecified atom stereocenters. The van der Waals surface area contributed by atoms with Gasteiger partial charge in [-0.1, -0.05) is 6.07 Å².